The lowest BCUT2D eigenvalue weighted by molar-refractivity contribution is 0.399. The summed E-state index contributed by atoms with van der Waals surface area (Å²) in [5, 5.41) is 24.4. The van der Waals surface area contributed by atoms with Crippen LogP contribution in [-0.2, 0) is 0 Å². The fraction of sp³-hybridized carbons (Fsp3) is 0.114. The number of aliphatic hydroxyl groups is 1. The Morgan fingerprint density at radius 1 is 0.615 bits per heavy atom. The molecule has 2 atom stereocenters. The molecule has 1 aliphatic carbocycles. The van der Waals surface area contributed by atoms with Gasteiger partial charge in [0.25, 0.3) is 0 Å². The Morgan fingerprint density at radius 3 is 1.88 bits per heavy atom. The van der Waals surface area contributed by atoms with Gasteiger partial charge in [-0.25, -0.2) is 12.5 Å². The third kappa shape index (κ3) is 5.79. The van der Waals surface area contributed by atoms with Crippen molar-refractivity contribution in [1.82, 2.24) is 9.13 Å². The zero-order chi connectivity index (χ0) is 35.8. The molecule has 4 nitrogen and oxygen atoms in total. The molecule has 0 saturated heterocycles. The number of allylic oxidation sites excluding steroid dienone is 1. The van der Waals surface area contributed by atoms with Crippen molar-refractivity contribution in [2.24, 2.45) is 5.92 Å². The number of benzene rings is 6. The second-order valence-electron chi connectivity index (χ2n) is 12.7. The highest BCUT2D eigenvalue weighted by Gasteiger charge is 2.21. The topological polar surface area (TPSA) is 53.9 Å². The van der Waals surface area contributed by atoms with E-state index in [1.807, 2.05) is 23.1 Å². The summed E-state index contributed by atoms with van der Waals surface area (Å²) in [4.78, 5) is 1.25. The fourth-order valence-corrected chi connectivity index (χ4v) is 9.87. The van der Waals surface area contributed by atoms with Crippen LogP contribution in [0.5, 0.6) is 0 Å². The van der Waals surface area contributed by atoms with Gasteiger partial charge in [0, 0.05) is 70.3 Å². The molecule has 0 aliphatic heterocycles. The summed E-state index contributed by atoms with van der Waals surface area (Å²) in [6.07, 6.45) is 6.27. The molecular weight excluding hydrogens is 694 g/mol. The number of thiol groups is 1. The lowest BCUT2D eigenvalue weighted by atomic mass is 9.97. The number of para-hydroxylation sites is 2. The molecule has 252 valence electrons. The molecule has 0 bridgehead atoms. The molecule has 0 amide bonds. The van der Waals surface area contributed by atoms with Crippen LogP contribution in [0.2, 0.25) is 0 Å². The van der Waals surface area contributed by atoms with E-state index >= 15 is 0 Å². The standard InChI is InChI=1S/C43H29N3S2.CH4O.BHS/c44-26-27-14-18-30(19-15-27)47-31-20-16-29(17-21-31)46-40-22-34-32-10-4-6-12-38(32)45(28-8-2-1-3-9-28)39(34)23-35(40)36-25-43-37(24-41(36)46)33-11-5-7-13-42(33)48-43;2*1-2/h1-14,16-18,20-25,27,30H,15,19H2;2H,1H3;2H. The van der Waals surface area contributed by atoms with E-state index < -0.39 is 0 Å². The monoisotopic (exact) mass is 727 g/mol. The van der Waals surface area contributed by atoms with Crippen LogP contribution in [0.15, 0.2) is 144 Å². The summed E-state index contributed by atoms with van der Waals surface area (Å²) < 4.78 is 7.52. The molecule has 0 fully saturated rings. The summed E-state index contributed by atoms with van der Waals surface area (Å²) >= 11 is 6.80. The van der Waals surface area contributed by atoms with Gasteiger partial charge in [0.05, 0.1) is 34.1 Å². The smallest absolute Gasteiger partial charge is 0.156 e. The molecule has 0 saturated carbocycles. The average Bonchev–Trinajstić information content (AvgIpc) is 3.85. The summed E-state index contributed by atoms with van der Waals surface area (Å²) in [5.74, 6) is 0.0551. The van der Waals surface area contributed by atoms with Crippen LogP contribution < -0.4 is 0 Å². The van der Waals surface area contributed by atoms with Gasteiger partial charge in [0.1, 0.15) is 0 Å². The van der Waals surface area contributed by atoms with Crippen molar-refractivity contribution in [2.45, 2.75) is 23.0 Å². The van der Waals surface area contributed by atoms with Gasteiger partial charge >= 0.3 is 0 Å². The van der Waals surface area contributed by atoms with E-state index in [1.165, 1.54) is 74.4 Å². The Labute approximate surface area is 317 Å². The van der Waals surface area contributed by atoms with Crippen LogP contribution in [0.25, 0.3) is 75.2 Å². The maximum atomic E-state index is 9.29. The Kier molecular flexibility index (Phi) is 9.61. The zero-order valence-corrected chi connectivity index (χ0v) is 31.0. The summed E-state index contributed by atoms with van der Waals surface area (Å²) in [5.41, 5.74) is 7.21. The first-order valence-electron chi connectivity index (χ1n) is 17.2. The number of nitrogens with zero attached hydrogens (tertiary/aromatic N) is 3. The van der Waals surface area contributed by atoms with Crippen molar-refractivity contribution in [2.75, 3.05) is 7.11 Å². The number of rotatable bonds is 4. The SMILES string of the molecule is CO.N#CC1C=CC(Sc2ccc(-n3c4cc5c(cc4c4cc6c(cc43)c3ccccc3n6-c3ccccc3)sc3ccccc35)cc2)CC1.[B]S. The number of thiophene rings is 1. The maximum absolute atomic E-state index is 9.29. The van der Waals surface area contributed by atoms with Crippen LogP contribution in [-0.4, -0.2) is 33.7 Å². The number of hydrogen-bond acceptors (Lipinski definition) is 5. The van der Waals surface area contributed by atoms with Crippen LogP contribution >= 0.6 is 35.6 Å². The first-order valence-corrected chi connectivity index (χ1v) is 19.4. The van der Waals surface area contributed by atoms with Crippen molar-refractivity contribution in [1.29, 1.82) is 5.26 Å². The minimum atomic E-state index is 0.0551. The molecule has 2 radical (unpaired) electrons. The first kappa shape index (κ1) is 34.2. The lowest BCUT2D eigenvalue weighted by Crippen LogP contribution is -2.08. The summed E-state index contributed by atoms with van der Waals surface area (Å²) in [6.45, 7) is 0. The Bertz CT molecular complexity index is 2790. The first-order chi connectivity index (χ1) is 25.7. The number of hydrogen-bond donors (Lipinski definition) is 2. The highest BCUT2D eigenvalue weighted by atomic mass is 32.2. The highest BCUT2D eigenvalue weighted by Crippen LogP contribution is 2.43. The van der Waals surface area contributed by atoms with Gasteiger partial charge in [0.15, 0.2) is 7.12 Å². The number of aromatic nitrogens is 2. The van der Waals surface area contributed by atoms with Crippen molar-refractivity contribution in [3.8, 4) is 17.4 Å². The average molecular weight is 728 g/mol. The molecule has 9 aromatic rings. The second-order valence-corrected chi connectivity index (χ2v) is 15.1. The van der Waals surface area contributed by atoms with Crippen molar-refractivity contribution >= 4 is 106 Å². The minimum Gasteiger partial charge on any atom is -0.400 e. The van der Waals surface area contributed by atoms with E-state index in [0.717, 1.165) is 25.6 Å². The van der Waals surface area contributed by atoms with Gasteiger partial charge in [-0.2, -0.15) is 5.26 Å². The lowest BCUT2D eigenvalue weighted by Gasteiger charge is -2.18. The molecule has 10 rings (SSSR count). The van der Waals surface area contributed by atoms with E-state index in [4.69, 9.17) is 5.11 Å². The quantitative estimate of drug-likeness (QED) is 0.108. The Morgan fingerprint density at radius 2 is 1.19 bits per heavy atom. The largest absolute Gasteiger partial charge is 0.400 e. The number of nitriles is 1. The predicted molar refractivity (Wildman–Crippen MR) is 228 cm³/mol. The van der Waals surface area contributed by atoms with Gasteiger partial charge in [-0.3, -0.25) is 0 Å². The van der Waals surface area contributed by atoms with Gasteiger partial charge in [-0.05, 0) is 85.6 Å². The Hall–Kier alpha value is -4.91. The fourth-order valence-electron chi connectivity index (χ4n) is 7.68. The number of aliphatic hydroxyl groups excluding tert-OH is 1. The van der Waals surface area contributed by atoms with Crippen LogP contribution in [0.3, 0.4) is 0 Å². The van der Waals surface area contributed by atoms with Gasteiger partial charge < -0.3 is 14.2 Å². The molecular formula is C44H34BN3OS3. The molecule has 1 N–H and O–H groups in total. The number of thioether (sulfide) groups is 1. The van der Waals surface area contributed by atoms with Crippen molar-refractivity contribution in [3.05, 3.63) is 140 Å². The Balaban J connectivity index is 0.000000937. The molecule has 1 aliphatic rings. The van der Waals surface area contributed by atoms with Gasteiger partial charge in [-0.15, -0.1) is 23.1 Å². The third-order valence-corrected chi connectivity index (χ3v) is 12.3. The van der Waals surface area contributed by atoms with E-state index in [-0.39, 0.29) is 5.92 Å². The van der Waals surface area contributed by atoms with E-state index in [1.54, 1.807) is 0 Å². The number of fused-ring (bicyclic) bond motifs is 9. The van der Waals surface area contributed by atoms with Crippen LogP contribution in [0.1, 0.15) is 12.8 Å². The van der Waals surface area contributed by atoms with E-state index in [2.05, 4.69) is 174 Å². The molecule has 3 aromatic heterocycles. The second kappa shape index (κ2) is 14.6. The normalized spacial score (nSPS) is 15.5. The van der Waals surface area contributed by atoms with E-state index in [0.29, 0.717) is 5.25 Å². The molecule has 3 heterocycles. The van der Waals surface area contributed by atoms with E-state index in [9.17, 15) is 5.26 Å². The summed E-state index contributed by atoms with van der Waals surface area (Å²) in [6, 6.07) is 49.4. The highest BCUT2D eigenvalue weighted by molar-refractivity contribution is 8.03. The van der Waals surface area contributed by atoms with Crippen molar-refractivity contribution in [3.63, 3.8) is 0 Å². The molecule has 52 heavy (non-hydrogen) atoms. The molecule has 2 unspecified atom stereocenters. The van der Waals surface area contributed by atoms with Crippen LogP contribution in [0, 0.1) is 17.2 Å². The summed E-state index contributed by atoms with van der Waals surface area (Å²) in [7, 11) is 5.19. The zero-order valence-electron chi connectivity index (χ0n) is 28.5. The van der Waals surface area contributed by atoms with Crippen LogP contribution in [0.4, 0.5) is 0 Å². The van der Waals surface area contributed by atoms with Crippen molar-refractivity contribution < 1.29 is 5.11 Å². The van der Waals surface area contributed by atoms with Gasteiger partial charge in [0.2, 0.25) is 0 Å². The molecule has 8 heteroatoms. The minimum absolute atomic E-state index is 0.0551. The maximum Gasteiger partial charge on any atom is 0.156 e. The third-order valence-electron chi connectivity index (χ3n) is 9.94. The molecule has 0 spiro atoms. The predicted octanol–water partition coefficient (Wildman–Crippen LogP) is 11.8. The van der Waals surface area contributed by atoms with Gasteiger partial charge in [-0.1, -0.05) is 66.7 Å². The molecule has 6 aromatic carbocycles.